The van der Waals surface area contributed by atoms with Crippen LogP contribution in [0.4, 0.5) is 11.5 Å². The summed E-state index contributed by atoms with van der Waals surface area (Å²) in [5.41, 5.74) is 8.62. The van der Waals surface area contributed by atoms with Crippen LogP contribution in [0.2, 0.25) is 0 Å². The molecule has 11 heteroatoms. The van der Waals surface area contributed by atoms with Gasteiger partial charge in [-0.25, -0.2) is 19.7 Å². The molecule has 0 spiro atoms. The molecule has 1 fully saturated rings. The lowest BCUT2D eigenvalue weighted by molar-refractivity contribution is 0.0688. The number of nitrogens with one attached hydrogen (secondary N) is 1. The third-order valence-corrected chi connectivity index (χ3v) is 7.10. The standard InChI is InChI=1S/C25H29N7O4/c1-4-16-20-19(25(34)35)29-12-31(20)17-11-28-22(30-23(17)32(16)13-7-5-6-8-13)18-14(24(33)27-2)9-10-15(26)21(18)36-3/h9-13,16H,4-8,26H2,1-3H3,(H,27,33)(H,34,35)/t16-/m1/s1. The lowest BCUT2D eigenvalue weighted by Crippen LogP contribution is -2.42. The number of imidazole rings is 1. The van der Waals surface area contributed by atoms with E-state index in [1.54, 1.807) is 29.9 Å². The Morgan fingerprint density at radius 3 is 2.64 bits per heavy atom. The van der Waals surface area contributed by atoms with Crippen LogP contribution in [-0.2, 0) is 0 Å². The second kappa shape index (κ2) is 9.14. The summed E-state index contributed by atoms with van der Waals surface area (Å²) < 4.78 is 7.36. The van der Waals surface area contributed by atoms with Crippen molar-refractivity contribution in [3.05, 3.63) is 41.6 Å². The first kappa shape index (κ1) is 23.6. The monoisotopic (exact) mass is 491 g/mol. The van der Waals surface area contributed by atoms with Crippen LogP contribution in [0.15, 0.2) is 24.7 Å². The van der Waals surface area contributed by atoms with Crippen LogP contribution in [0.25, 0.3) is 17.1 Å². The van der Waals surface area contributed by atoms with Gasteiger partial charge < -0.3 is 25.8 Å². The minimum absolute atomic E-state index is 0.0407. The van der Waals surface area contributed by atoms with E-state index in [0.717, 1.165) is 25.7 Å². The first-order chi connectivity index (χ1) is 17.4. The molecule has 1 amide bonds. The lowest BCUT2D eigenvalue weighted by atomic mass is 9.99. The van der Waals surface area contributed by atoms with Gasteiger partial charge in [-0.3, -0.25) is 9.36 Å². The topological polar surface area (TPSA) is 148 Å². The molecule has 1 aliphatic carbocycles. The number of amides is 1. The van der Waals surface area contributed by atoms with Crippen molar-refractivity contribution in [1.29, 1.82) is 0 Å². The number of ether oxygens (including phenoxy) is 1. The molecule has 11 nitrogen and oxygen atoms in total. The second-order valence-corrected chi connectivity index (χ2v) is 9.02. The number of carboxylic acid groups (broad SMARTS) is 1. The van der Waals surface area contributed by atoms with Crippen molar-refractivity contribution < 1.29 is 19.4 Å². The molecule has 2 aromatic heterocycles. The maximum atomic E-state index is 12.7. The number of carbonyl (C=O) groups is 2. The number of nitrogen functional groups attached to an aromatic ring is 1. The first-order valence-electron chi connectivity index (χ1n) is 12.1. The van der Waals surface area contributed by atoms with Crippen LogP contribution < -0.4 is 20.7 Å². The molecule has 1 aliphatic heterocycles. The van der Waals surface area contributed by atoms with Crippen molar-refractivity contribution in [2.45, 2.75) is 51.1 Å². The normalized spacial score (nSPS) is 17.0. The van der Waals surface area contributed by atoms with E-state index in [-0.39, 0.29) is 23.7 Å². The van der Waals surface area contributed by atoms with Crippen molar-refractivity contribution in [2.24, 2.45) is 0 Å². The zero-order valence-corrected chi connectivity index (χ0v) is 20.5. The predicted octanol–water partition coefficient (Wildman–Crippen LogP) is 3.19. The van der Waals surface area contributed by atoms with Crippen molar-refractivity contribution in [2.75, 3.05) is 24.8 Å². The fourth-order valence-corrected chi connectivity index (χ4v) is 5.52. The summed E-state index contributed by atoms with van der Waals surface area (Å²) >= 11 is 0. The smallest absolute Gasteiger partial charge is 0.356 e. The summed E-state index contributed by atoms with van der Waals surface area (Å²) in [7, 11) is 3.04. The van der Waals surface area contributed by atoms with Crippen LogP contribution in [0.3, 0.4) is 0 Å². The number of carboxylic acids is 1. The van der Waals surface area contributed by atoms with Crippen molar-refractivity contribution in [3.63, 3.8) is 0 Å². The van der Waals surface area contributed by atoms with Gasteiger partial charge in [0, 0.05) is 13.1 Å². The quantitative estimate of drug-likeness (QED) is 0.442. The molecule has 5 rings (SSSR count). The molecule has 0 bridgehead atoms. The molecule has 1 saturated carbocycles. The highest BCUT2D eigenvalue weighted by molar-refractivity contribution is 6.02. The summed E-state index contributed by atoms with van der Waals surface area (Å²) in [5, 5.41) is 12.5. The fourth-order valence-electron chi connectivity index (χ4n) is 5.52. The van der Waals surface area contributed by atoms with Crippen molar-refractivity contribution in [1.82, 2.24) is 24.8 Å². The summed E-state index contributed by atoms with van der Waals surface area (Å²) in [6.45, 7) is 2.04. The van der Waals surface area contributed by atoms with Gasteiger partial charge in [-0.1, -0.05) is 19.8 Å². The Kier molecular flexibility index (Phi) is 5.99. The Bertz CT molecular complexity index is 1350. The van der Waals surface area contributed by atoms with Gasteiger partial charge in [0.1, 0.15) is 12.0 Å². The minimum atomic E-state index is -1.06. The van der Waals surface area contributed by atoms with Crippen molar-refractivity contribution >= 4 is 23.4 Å². The highest BCUT2D eigenvalue weighted by atomic mass is 16.5. The number of anilines is 2. The zero-order chi connectivity index (χ0) is 25.6. The highest BCUT2D eigenvalue weighted by Crippen LogP contribution is 2.46. The summed E-state index contributed by atoms with van der Waals surface area (Å²) in [5.74, 6) is -0.0759. The number of aromatic nitrogens is 4. The molecule has 1 atom stereocenters. The van der Waals surface area contributed by atoms with Crippen LogP contribution in [0.1, 0.15) is 71.6 Å². The fraction of sp³-hybridized carbons (Fsp3) is 0.400. The van der Waals surface area contributed by atoms with Crippen LogP contribution >= 0.6 is 0 Å². The largest absolute Gasteiger partial charge is 0.494 e. The molecular formula is C25H29N7O4. The number of aromatic carboxylic acids is 1. The molecule has 0 unspecified atom stereocenters. The lowest BCUT2D eigenvalue weighted by Gasteiger charge is -2.42. The highest BCUT2D eigenvalue weighted by Gasteiger charge is 2.40. The average molecular weight is 492 g/mol. The number of fused-ring (bicyclic) bond motifs is 3. The average Bonchev–Trinajstić information content (AvgIpc) is 3.57. The number of carbonyl (C=O) groups excluding carboxylic acids is 1. The number of rotatable bonds is 6. The number of benzene rings is 1. The maximum Gasteiger partial charge on any atom is 0.356 e. The molecule has 4 N–H and O–H groups in total. The zero-order valence-electron chi connectivity index (χ0n) is 20.5. The molecule has 0 radical (unpaired) electrons. The van der Waals surface area contributed by atoms with Gasteiger partial charge in [0.25, 0.3) is 5.91 Å². The number of hydrogen-bond donors (Lipinski definition) is 3. The van der Waals surface area contributed by atoms with E-state index in [0.29, 0.717) is 52.0 Å². The molecule has 2 aliphatic rings. The third kappa shape index (κ3) is 3.53. The SMILES string of the molecule is CC[C@@H]1c2c(C(=O)O)ncn2-c2cnc(-c3c(C(=O)NC)ccc(N)c3OC)nc2N1C1CCCC1. The minimum Gasteiger partial charge on any atom is -0.494 e. The van der Waals surface area contributed by atoms with Crippen LogP contribution in [0, 0.1) is 0 Å². The molecule has 3 aromatic rings. The van der Waals surface area contributed by atoms with Crippen LogP contribution in [-0.4, -0.2) is 56.7 Å². The second-order valence-electron chi connectivity index (χ2n) is 9.02. The Morgan fingerprint density at radius 2 is 2.00 bits per heavy atom. The van der Waals surface area contributed by atoms with Crippen LogP contribution in [0.5, 0.6) is 5.75 Å². The van der Waals surface area contributed by atoms with E-state index in [9.17, 15) is 14.7 Å². The molecular weight excluding hydrogens is 462 g/mol. The molecule has 188 valence electrons. The summed E-state index contributed by atoms with van der Waals surface area (Å²) in [4.78, 5) is 40.8. The van der Waals surface area contributed by atoms with Gasteiger partial charge >= 0.3 is 5.97 Å². The molecule has 36 heavy (non-hydrogen) atoms. The molecule has 0 saturated heterocycles. The Morgan fingerprint density at radius 1 is 1.25 bits per heavy atom. The third-order valence-electron chi connectivity index (χ3n) is 7.10. The van der Waals surface area contributed by atoms with E-state index in [2.05, 4.69) is 20.2 Å². The van der Waals surface area contributed by atoms with E-state index in [4.69, 9.17) is 15.5 Å². The van der Waals surface area contributed by atoms with Gasteiger partial charge in [-0.05, 0) is 31.4 Å². The first-order valence-corrected chi connectivity index (χ1v) is 12.1. The summed E-state index contributed by atoms with van der Waals surface area (Å²) in [6.07, 6.45) is 8.00. The van der Waals surface area contributed by atoms with Gasteiger partial charge in [-0.15, -0.1) is 0 Å². The van der Waals surface area contributed by atoms with Crippen molar-refractivity contribution in [3.8, 4) is 22.8 Å². The Labute approximate surface area is 208 Å². The molecule has 3 heterocycles. The Balaban J connectivity index is 1.78. The maximum absolute atomic E-state index is 12.7. The summed E-state index contributed by atoms with van der Waals surface area (Å²) in [6, 6.07) is 3.22. The van der Waals surface area contributed by atoms with Gasteiger partial charge in [0.15, 0.2) is 23.1 Å². The van der Waals surface area contributed by atoms with E-state index in [1.165, 1.54) is 13.4 Å². The van der Waals surface area contributed by atoms with Gasteiger partial charge in [0.05, 0.1) is 41.9 Å². The number of methoxy groups -OCH3 is 1. The number of hydrogen-bond acceptors (Lipinski definition) is 8. The van der Waals surface area contributed by atoms with Gasteiger partial charge in [0.2, 0.25) is 0 Å². The molecule has 1 aromatic carbocycles. The Hall–Kier alpha value is -4.15. The number of nitrogens with zero attached hydrogens (tertiary/aromatic N) is 5. The van der Waals surface area contributed by atoms with E-state index < -0.39 is 5.97 Å². The van der Waals surface area contributed by atoms with Gasteiger partial charge in [-0.2, -0.15) is 0 Å². The predicted molar refractivity (Wildman–Crippen MR) is 134 cm³/mol. The van der Waals surface area contributed by atoms with E-state index in [1.807, 2.05) is 6.92 Å². The number of nitrogens with two attached hydrogens (primary N) is 1. The van der Waals surface area contributed by atoms with E-state index >= 15 is 0 Å².